The highest BCUT2D eigenvalue weighted by atomic mass is 19.4. The first-order chi connectivity index (χ1) is 40.9. The van der Waals surface area contributed by atoms with Gasteiger partial charge in [0.05, 0.1) is 67.1 Å². The van der Waals surface area contributed by atoms with Crippen molar-refractivity contribution < 1.29 is 101 Å². The van der Waals surface area contributed by atoms with Gasteiger partial charge in [-0.25, -0.2) is 19.5 Å². The molecule has 88 heavy (non-hydrogen) atoms. The van der Waals surface area contributed by atoms with Gasteiger partial charge in [0.2, 0.25) is 5.41 Å². The minimum Gasteiger partial charge on any atom is -0.478 e. The highest BCUT2D eigenvalue weighted by Gasteiger charge is 2.72. The van der Waals surface area contributed by atoms with E-state index in [-0.39, 0.29) is 27.9 Å². The van der Waals surface area contributed by atoms with Gasteiger partial charge in [-0.3, -0.25) is 43.3 Å². The van der Waals surface area contributed by atoms with E-state index in [9.17, 15) is 48.3 Å². The first-order valence-electron chi connectivity index (χ1n) is 25.8. The van der Waals surface area contributed by atoms with E-state index < -0.39 is 167 Å². The van der Waals surface area contributed by atoms with Crippen molar-refractivity contribution in [2.45, 2.75) is 61.7 Å². The third kappa shape index (κ3) is 8.30. The van der Waals surface area contributed by atoms with Crippen molar-refractivity contribution in [3.8, 4) is 0 Å². The van der Waals surface area contributed by atoms with Gasteiger partial charge in [0.25, 0.3) is 47.3 Å². The van der Waals surface area contributed by atoms with Gasteiger partial charge in [-0.1, -0.05) is 48.5 Å². The van der Waals surface area contributed by atoms with Crippen molar-refractivity contribution >= 4 is 70.3 Å². The number of alkyl halides is 12. The molecule has 4 heterocycles. The predicted molar refractivity (Wildman–Crippen MR) is 285 cm³/mol. The van der Waals surface area contributed by atoms with E-state index in [1.54, 1.807) is 0 Å². The second-order valence-corrected chi connectivity index (χ2v) is 21.5. The summed E-state index contributed by atoms with van der Waals surface area (Å²) in [5, 5.41) is 9.56. The van der Waals surface area contributed by atoms with Crippen molar-refractivity contribution in [1.82, 2.24) is 4.90 Å². The maximum Gasteiger partial charge on any atom is 0.411 e. The van der Waals surface area contributed by atoms with E-state index in [1.807, 2.05) is 0 Å². The van der Waals surface area contributed by atoms with Crippen LogP contribution in [0.25, 0.3) is 0 Å². The minimum atomic E-state index is -6.28. The summed E-state index contributed by atoms with van der Waals surface area (Å²) >= 11 is 0. The number of aryl methyl sites for hydroxylation is 1. The van der Waals surface area contributed by atoms with Gasteiger partial charge in [0.15, 0.2) is 0 Å². The number of carboxylic acids is 1. The molecule has 0 unspecified atom stereocenters. The lowest BCUT2D eigenvalue weighted by Gasteiger charge is -2.38. The second-order valence-electron chi connectivity index (χ2n) is 21.5. The normalized spacial score (nSPS) is 16.8. The Hall–Kier alpha value is -10.3. The van der Waals surface area contributed by atoms with Crippen LogP contribution in [0, 0.1) is 6.92 Å². The number of nitrogens with zero attached hydrogens (tertiary/aromatic N) is 4. The van der Waals surface area contributed by atoms with Crippen LogP contribution in [0.5, 0.6) is 0 Å². The van der Waals surface area contributed by atoms with Crippen molar-refractivity contribution in [2.24, 2.45) is 0 Å². The molecule has 4 aliphatic rings. The number of carbonyl (C=O) groups excluding carboxylic acids is 8. The standard InChI is InChI=1S/C62H36F12N4O10/c1-28-21-29(55(87)88)23-38(22-28)78-51(83)42-20-12-35(27-46(42)54(78)86)57(3,60(66,67)68)34-11-19-41-45(26-34)53(85)77(50(41)82)37-15-7-31(8-16-37)58(61(69,70)71,62(72,73)74)30-5-13-36(14-6-30)76-49(81)40-18-10-33(25-44(40)52(76)84)56(2,59(63,64)65)32-9-17-39-43(24-32)48(80)75(4)47(39)79/h5-27H,1-4H3,(H,87,88)/t56-,57-/m0/s1. The van der Waals surface area contributed by atoms with E-state index in [0.29, 0.717) is 93.6 Å². The van der Waals surface area contributed by atoms with Crippen LogP contribution in [-0.2, 0) is 16.2 Å². The van der Waals surface area contributed by atoms with Crippen LogP contribution >= 0.6 is 0 Å². The predicted octanol–water partition coefficient (Wildman–Crippen LogP) is 12.5. The van der Waals surface area contributed by atoms with Gasteiger partial charge < -0.3 is 5.11 Å². The number of fused-ring (bicyclic) bond motifs is 4. The molecule has 1 N–H and O–H groups in total. The van der Waals surface area contributed by atoms with Crippen LogP contribution in [0.15, 0.2) is 140 Å². The summed E-state index contributed by atoms with van der Waals surface area (Å²) < 4.78 is 185. The van der Waals surface area contributed by atoms with Crippen LogP contribution in [-0.4, -0.2) is 95.0 Å². The number of anilines is 3. The fraction of sp³-hybridized carbons (Fsp3) is 0.177. The molecular formula is C62H36F12N4O10. The van der Waals surface area contributed by atoms with E-state index in [0.717, 1.165) is 79.8 Å². The monoisotopic (exact) mass is 1220 g/mol. The zero-order valence-corrected chi connectivity index (χ0v) is 45.2. The lowest BCUT2D eigenvalue weighted by Crippen LogP contribution is -2.54. The van der Waals surface area contributed by atoms with Crippen molar-refractivity contribution in [2.75, 3.05) is 21.7 Å². The topological polar surface area (TPSA) is 187 Å². The number of hydrogen-bond donors (Lipinski definition) is 1. The van der Waals surface area contributed by atoms with Crippen LogP contribution in [0.2, 0.25) is 0 Å². The lowest BCUT2D eigenvalue weighted by molar-refractivity contribution is -0.288. The van der Waals surface area contributed by atoms with Gasteiger partial charge >= 0.3 is 30.7 Å². The van der Waals surface area contributed by atoms with Gasteiger partial charge in [-0.05, 0) is 151 Å². The summed E-state index contributed by atoms with van der Waals surface area (Å²) in [4.78, 5) is 122. The quantitative estimate of drug-likeness (QED) is 0.102. The molecule has 7 aromatic carbocycles. The molecule has 0 saturated heterocycles. The summed E-state index contributed by atoms with van der Waals surface area (Å²) in [6, 6.07) is 17.2. The number of halogens is 12. The largest absolute Gasteiger partial charge is 0.478 e. The molecule has 8 amide bonds. The summed E-state index contributed by atoms with van der Waals surface area (Å²) in [6.07, 6.45) is -23.0. The minimum absolute atomic E-state index is 0.174. The van der Waals surface area contributed by atoms with Crippen molar-refractivity contribution in [3.63, 3.8) is 0 Å². The molecule has 0 aliphatic carbocycles. The average Bonchev–Trinajstić information content (AvgIpc) is 0.914. The zero-order valence-electron chi connectivity index (χ0n) is 45.2. The number of hydrogen-bond acceptors (Lipinski definition) is 9. The SMILES string of the molecule is Cc1cc(C(=O)O)cc(N2C(=O)c3ccc([C@](C)(c4ccc5c(c4)C(=O)N(c4ccc(C(c6ccc(N7C(=O)c8ccc([C@](C)(c9ccc%10c(c9)C(=O)N(C)C%10=O)C(F)(F)F)cc8C7=O)cc6)(C(F)(F)F)C(F)(F)F)cc4)C5=O)C(F)(F)F)cc3C2=O)c1. The van der Waals surface area contributed by atoms with E-state index in [2.05, 4.69) is 0 Å². The second kappa shape index (κ2) is 19.4. The molecule has 0 saturated carbocycles. The lowest BCUT2D eigenvalue weighted by atomic mass is 9.73. The van der Waals surface area contributed by atoms with Gasteiger partial charge in [0, 0.05) is 7.05 Å². The number of carboxylic acid groups (broad SMARTS) is 1. The molecule has 0 fully saturated rings. The molecule has 26 heteroatoms. The average molecular weight is 1220 g/mol. The molecule has 2 atom stereocenters. The Bertz CT molecular complexity index is 4330. The number of imide groups is 4. The van der Waals surface area contributed by atoms with Crippen molar-refractivity contribution in [1.29, 1.82) is 0 Å². The number of rotatable bonds is 10. The molecule has 7 aromatic rings. The highest BCUT2D eigenvalue weighted by molar-refractivity contribution is 6.36. The Morgan fingerprint density at radius 2 is 0.614 bits per heavy atom. The molecule has 0 aromatic heterocycles. The highest BCUT2D eigenvalue weighted by Crippen LogP contribution is 2.57. The third-order valence-electron chi connectivity index (χ3n) is 16.7. The summed E-state index contributed by atoms with van der Waals surface area (Å²) in [6.45, 7) is 2.86. The summed E-state index contributed by atoms with van der Waals surface area (Å²) in [7, 11) is 1.12. The van der Waals surface area contributed by atoms with E-state index >= 15 is 52.7 Å². The fourth-order valence-corrected chi connectivity index (χ4v) is 11.7. The van der Waals surface area contributed by atoms with Crippen LogP contribution in [0.4, 0.5) is 69.7 Å². The first kappa shape index (κ1) is 59.5. The van der Waals surface area contributed by atoms with Crippen LogP contribution in [0.1, 0.15) is 146 Å². The summed E-state index contributed by atoms with van der Waals surface area (Å²) in [5.74, 6) is -10.3. The molecular weight excluding hydrogens is 1190 g/mol. The van der Waals surface area contributed by atoms with Crippen LogP contribution in [0.3, 0.4) is 0 Å². The third-order valence-corrected chi connectivity index (χ3v) is 16.7. The zero-order chi connectivity index (χ0) is 64.2. The molecule has 448 valence electrons. The Morgan fingerprint density at radius 1 is 0.341 bits per heavy atom. The number of benzene rings is 7. The smallest absolute Gasteiger partial charge is 0.411 e. The Morgan fingerprint density at radius 3 is 0.920 bits per heavy atom. The molecule has 11 rings (SSSR count). The first-order valence-corrected chi connectivity index (χ1v) is 25.8. The van der Waals surface area contributed by atoms with Crippen molar-refractivity contribution in [3.05, 3.63) is 229 Å². The number of aromatic carboxylic acids is 1. The van der Waals surface area contributed by atoms with E-state index in [1.165, 1.54) is 19.1 Å². The maximum atomic E-state index is 15.5. The molecule has 0 bridgehead atoms. The molecule has 0 spiro atoms. The van der Waals surface area contributed by atoms with Gasteiger partial charge in [-0.2, -0.15) is 52.7 Å². The number of carbonyl (C=O) groups is 9. The van der Waals surface area contributed by atoms with Gasteiger partial charge in [0.1, 0.15) is 10.8 Å². The summed E-state index contributed by atoms with van der Waals surface area (Å²) in [5.41, 5.74) is -21.9. The molecule has 14 nitrogen and oxygen atoms in total. The van der Waals surface area contributed by atoms with Gasteiger partial charge in [-0.15, -0.1) is 0 Å². The van der Waals surface area contributed by atoms with E-state index in [4.69, 9.17) is 0 Å². The maximum absolute atomic E-state index is 15.5. The Balaban J connectivity index is 0.882. The Kier molecular flexibility index (Phi) is 13.1. The molecule has 0 radical (unpaired) electrons. The fourth-order valence-electron chi connectivity index (χ4n) is 11.7. The Labute approximate surface area is 486 Å². The molecule has 4 aliphatic heterocycles. The van der Waals surface area contributed by atoms with Crippen LogP contribution < -0.4 is 14.7 Å². The number of amides is 8.